The third kappa shape index (κ3) is 8.10. The lowest BCUT2D eigenvalue weighted by molar-refractivity contribution is 0.226. The van der Waals surface area contributed by atoms with E-state index in [2.05, 4.69) is 15.0 Å². The van der Waals surface area contributed by atoms with Crippen LogP contribution in [0.3, 0.4) is 0 Å². The van der Waals surface area contributed by atoms with Crippen molar-refractivity contribution in [2.45, 2.75) is 25.5 Å². The molecule has 4 amide bonds. The first-order chi connectivity index (χ1) is 10.7. The Labute approximate surface area is 140 Å². The molecule has 8 heteroatoms. The van der Waals surface area contributed by atoms with Crippen molar-refractivity contribution >= 4 is 30.0 Å². The number of hydrogen-bond acceptors (Lipinski definition) is 4. The highest BCUT2D eigenvalue weighted by atomic mass is 32.2. The Morgan fingerprint density at radius 1 is 1.17 bits per heavy atom. The number of hydrogen-bond donors (Lipinski definition) is 2. The number of benzene rings is 1. The van der Waals surface area contributed by atoms with E-state index in [4.69, 9.17) is 4.74 Å². The molecule has 0 radical (unpaired) electrons. The van der Waals surface area contributed by atoms with Gasteiger partial charge in [-0.25, -0.2) is 9.59 Å². The predicted octanol–water partition coefficient (Wildman–Crippen LogP) is 2.85. The number of carbonyl (C=O) groups excluding carboxylic acids is 2. The molecule has 23 heavy (non-hydrogen) atoms. The van der Waals surface area contributed by atoms with Gasteiger partial charge in [0.2, 0.25) is 0 Å². The lowest BCUT2D eigenvalue weighted by Gasteiger charge is -2.18. The van der Waals surface area contributed by atoms with E-state index < -0.39 is 12.1 Å². The van der Waals surface area contributed by atoms with Gasteiger partial charge in [-0.05, 0) is 44.9 Å². The van der Waals surface area contributed by atoms with E-state index in [1.807, 2.05) is 26.8 Å². The molecule has 1 aromatic carbocycles. The number of ether oxygens (including phenoxy) is 1. The number of nitrogens with one attached hydrogen (secondary N) is 2. The van der Waals surface area contributed by atoms with Gasteiger partial charge >= 0.3 is 18.1 Å². The van der Waals surface area contributed by atoms with Crippen molar-refractivity contribution in [1.29, 1.82) is 0 Å². The molecule has 2 N–H and O–H groups in total. The van der Waals surface area contributed by atoms with Gasteiger partial charge in [-0.2, -0.15) is 0 Å². The minimum atomic E-state index is -0.542. The first-order valence-corrected chi connectivity index (χ1v) is 7.77. The van der Waals surface area contributed by atoms with Crippen molar-refractivity contribution in [3.05, 3.63) is 30.3 Å². The van der Waals surface area contributed by atoms with Gasteiger partial charge in [0.25, 0.3) is 0 Å². The van der Waals surface area contributed by atoms with Crippen molar-refractivity contribution in [3.63, 3.8) is 0 Å². The molecule has 0 saturated carbocycles. The highest BCUT2D eigenvalue weighted by molar-refractivity contribution is 7.99. The third-order valence-corrected chi connectivity index (χ3v) is 3.11. The fraction of sp³-hybridized carbons (Fsp3) is 0.400. The summed E-state index contributed by atoms with van der Waals surface area (Å²) in [5, 5.41) is 2.43. The molecule has 1 aromatic rings. The topological polar surface area (TPSA) is 83.0 Å². The van der Waals surface area contributed by atoms with E-state index in [-0.39, 0.29) is 10.8 Å². The van der Waals surface area contributed by atoms with Gasteiger partial charge in [0, 0.05) is 18.8 Å². The first kappa shape index (κ1) is 18.8. The molecule has 0 fully saturated rings. The minimum absolute atomic E-state index is 0.144. The van der Waals surface area contributed by atoms with Crippen LogP contribution in [0.25, 0.3) is 0 Å². The van der Waals surface area contributed by atoms with E-state index in [9.17, 15) is 9.59 Å². The molecule has 0 aliphatic carbocycles. The SMILES string of the molecule is CN(C)C(=O)N=C(NC(=O)NSC(C)(C)C)Oc1ccccc1. The highest BCUT2D eigenvalue weighted by Gasteiger charge is 2.16. The normalized spacial score (nSPS) is 11.6. The van der Waals surface area contributed by atoms with Gasteiger partial charge < -0.3 is 9.64 Å². The molecule has 0 aliphatic rings. The quantitative estimate of drug-likeness (QED) is 0.493. The van der Waals surface area contributed by atoms with E-state index in [0.29, 0.717) is 5.75 Å². The molecular weight excluding hydrogens is 316 g/mol. The Bertz CT molecular complexity index is 568. The zero-order valence-electron chi connectivity index (χ0n) is 13.9. The fourth-order valence-corrected chi connectivity index (χ4v) is 1.64. The monoisotopic (exact) mass is 338 g/mol. The van der Waals surface area contributed by atoms with Crippen molar-refractivity contribution in [3.8, 4) is 5.75 Å². The molecule has 126 valence electrons. The first-order valence-electron chi connectivity index (χ1n) is 6.95. The third-order valence-electron chi connectivity index (χ3n) is 2.21. The Balaban J connectivity index is 2.79. The number of carbonyl (C=O) groups is 2. The number of aliphatic imine (C=N–C) groups is 1. The zero-order chi connectivity index (χ0) is 17.5. The maximum absolute atomic E-state index is 11.9. The van der Waals surface area contributed by atoms with E-state index in [1.54, 1.807) is 38.4 Å². The van der Waals surface area contributed by atoms with E-state index >= 15 is 0 Å². The average Bonchev–Trinajstić information content (AvgIpc) is 2.45. The standard InChI is InChI=1S/C15H22N4O3S/c1-15(2,3)23-18-12(20)16-13(17-14(21)19(4)5)22-11-9-7-6-8-10-11/h6-10H,1-5H3,(H2,16,17,18,20,21). The number of amidine groups is 1. The Morgan fingerprint density at radius 2 is 1.78 bits per heavy atom. The van der Waals surface area contributed by atoms with Gasteiger partial charge in [0.15, 0.2) is 0 Å². The van der Waals surface area contributed by atoms with Gasteiger partial charge in [-0.3, -0.25) is 10.0 Å². The smallest absolute Gasteiger partial charge is 0.347 e. The van der Waals surface area contributed by atoms with Gasteiger partial charge in [0.1, 0.15) is 5.75 Å². The summed E-state index contributed by atoms with van der Waals surface area (Å²) < 4.78 is 7.94. The summed E-state index contributed by atoms with van der Waals surface area (Å²) in [5.41, 5.74) is 0. The van der Waals surface area contributed by atoms with Crippen molar-refractivity contribution in [2.75, 3.05) is 14.1 Å². The molecule has 1 rings (SSSR count). The molecule has 0 spiro atoms. The van der Waals surface area contributed by atoms with Crippen molar-refractivity contribution in [2.24, 2.45) is 4.99 Å². The maximum Gasteiger partial charge on any atom is 0.347 e. The molecule has 0 aliphatic heterocycles. The van der Waals surface area contributed by atoms with Crippen LogP contribution < -0.4 is 14.8 Å². The number of rotatable bonds is 2. The lowest BCUT2D eigenvalue weighted by atomic mass is 10.3. The van der Waals surface area contributed by atoms with Gasteiger partial charge in [-0.1, -0.05) is 18.2 Å². The van der Waals surface area contributed by atoms with Crippen LogP contribution in [0.4, 0.5) is 9.59 Å². The van der Waals surface area contributed by atoms with Crippen LogP contribution in [-0.2, 0) is 0 Å². The van der Waals surface area contributed by atoms with Crippen molar-refractivity contribution < 1.29 is 14.3 Å². The molecule has 7 nitrogen and oxygen atoms in total. The van der Waals surface area contributed by atoms with Crippen LogP contribution in [0.2, 0.25) is 0 Å². The maximum atomic E-state index is 11.9. The molecule has 0 unspecified atom stereocenters. The van der Waals surface area contributed by atoms with E-state index in [1.165, 1.54) is 16.8 Å². The number of urea groups is 2. The number of nitrogens with zero attached hydrogens (tertiary/aromatic N) is 2. The fourth-order valence-electron chi connectivity index (χ4n) is 1.19. The zero-order valence-corrected chi connectivity index (χ0v) is 14.7. The minimum Gasteiger partial charge on any atom is -0.425 e. The van der Waals surface area contributed by atoms with Crippen LogP contribution in [0, 0.1) is 0 Å². The summed E-state index contributed by atoms with van der Waals surface area (Å²) in [6.07, 6.45) is 0. The second kappa shape index (κ2) is 8.42. The second-order valence-corrected chi connectivity index (χ2v) is 7.41. The Hall–Kier alpha value is -2.22. The summed E-state index contributed by atoms with van der Waals surface area (Å²) in [6, 6.07) is 7.51. The number of amides is 4. The highest BCUT2D eigenvalue weighted by Crippen LogP contribution is 2.19. The van der Waals surface area contributed by atoms with Gasteiger partial charge in [0.05, 0.1) is 0 Å². The average molecular weight is 338 g/mol. The summed E-state index contributed by atoms with van der Waals surface area (Å²) in [5.74, 6) is 0.460. The predicted molar refractivity (Wildman–Crippen MR) is 92.6 cm³/mol. The summed E-state index contributed by atoms with van der Waals surface area (Å²) in [7, 11) is 3.11. The van der Waals surface area contributed by atoms with Crippen LogP contribution in [0.15, 0.2) is 35.3 Å². The van der Waals surface area contributed by atoms with Gasteiger partial charge in [-0.15, -0.1) is 4.99 Å². The molecule has 0 bridgehead atoms. The summed E-state index contributed by atoms with van der Waals surface area (Å²) in [6.45, 7) is 5.88. The van der Waals surface area contributed by atoms with Crippen LogP contribution >= 0.6 is 11.9 Å². The summed E-state index contributed by atoms with van der Waals surface area (Å²) in [4.78, 5) is 28.7. The Morgan fingerprint density at radius 3 is 2.30 bits per heavy atom. The molecule has 0 saturated heterocycles. The largest absolute Gasteiger partial charge is 0.425 e. The van der Waals surface area contributed by atoms with Crippen LogP contribution in [0.5, 0.6) is 5.75 Å². The van der Waals surface area contributed by atoms with E-state index in [0.717, 1.165) is 0 Å². The molecule has 0 aromatic heterocycles. The number of para-hydroxylation sites is 1. The molecule has 0 atom stereocenters. The summed E-state index contributed by atoms with van der Waals surface area (Å²) >= 11 is 1.25. The van der Waals surface area contributed by atoms with Crippen LogP contribution in [0.1, 0.15) is 20.8 Å². The van der Waals surface area contributed by atoms with Crippen LogP contribution in [-0.4, -0.2) is 41.8 Å². The molecular formula is C15H22N4O3S. The molecule has 0 heterocycles. The second-order valence-electron chi connectivity index (χ2n) is 5.78. The lowest BCUT2D eigenvalue weighted by Crippen LogP contribution is -2.41. The Kier molecular flexibility index (Phi) is 6.89. The van der Waals surface area contributed by atoms with Crippen molar-refractivity contribution in [1.82, 2.24) is 14.9 Å².